The molecule has 0 bridgehead atoms. The van der Waals surface area contributed by atoms with E-state index in [2.05, 4.69) is 24.1 Å². The van der Waals surface area contributed by atoms with Crippen molar-refractivity contribution in [3.05, 3.63) is 41.6 Å². The van der Waals surface area contributed by atoms with Crippen LogP contribution in [0, 0.1) is 0 Å². The van der Waals surface area contributed by atoms with Crippen LogP contribution in [0.1, 0.15) is 5.69 Å². The molecule has 2 heterocycles. The SMILES string of the molecule is B1=CC=C/C1=C/c1ccc[nH]1. The van der Waals surface area contributed by atoms with E-state index >= 15 is 0 Å². The van der Waals surface area contributed by atoms with Gasteiger partial charge in [-0.25, -0.2) is 0 Å². The first-order valence-electron chi connectivity index (χ1n) is 3.65. The van der Waals surface area contributed by atoms with Gasteiger partial charge in [0.1, 0.15) is 0 Å². The van der Waals surface area contributed by atoms with Gasteiger partial charge in [-0.2, -0.15) is 0 Å². The van der Waals surface area contributed by atoms with Crippen molar-refractivity contribution < 1.29 is 0 Å². The molecule has 0 saturated carbocycles. The Bertz CT molecular complexity index is 303. The summed E-state index contributed by atoms with van der Waals surface area (Å²) in [4.78, 5) is 3.12. The standard InChI is InChI=1S/C9H8BN/c1-3-8(10-5-1)7-9-4-2-6-11-9/h1-7,11H/b8-7-. The van der Waals surface area contributed by atoms with E-state index in [-0.39, 0.29) is 0 Å². The van der Waals surface area contributed by atoms with Gasteiger partial charge in [-0.05, 0) is 0 Å². The molecule has 52 valence electrons. The molecule has 11 heavy (non-hydrogen) atoms. The molecule has 1 aliphatic heterocycles. The molecular weight excluding hydrogens is 133 g/mol. The Kier molecular flexibility index (Phi) is 1.60. The summed E-state index contributed by atoms with van der Waals surface area (Å²) in [5.41, 5.74) is 2.39. The van der Waals surface area contributed by atoms with Crippen LogP contribution in [-0.4, -0.2) is 17.9 Å². The molecule has 0 unspecified atom stereocenters. The Labute approximate surface area is 66.4 Å². The van der Waals surface area contributed by atoms with Gasteiger partial charge in [-0.1, -0.05) is 0 Å². The summed E-state index contributed by atoms with van der Waals surface area (Å²) < 4.78 is 0. The number of aromatic nitrogens is 1. The molecule has 1 aromatic rings. The number of hydrogen-bond donors (Lipinski definition) is 1. The van der Waals surface area contributed by atoms with Crippen molar-refractivity contribution in [1.82, 2.24) is 4.98 Å². The summed E-state index contributed by atoms with van der Waals surface area (Å²) in [6.07, 6.45) is 8.16. The number of aromatic amines is 1. The molecule has 0 amide bonds. The quantitative estimate of drug-likeness (QED) is 0.569. The third kappa shape index (κ3) is 1.40. The minimum atomic E-state index is 1.15. The minimum absolute atomic E-state index is 1.15. The van der Waals surface area contributed by atoms with Crippen LogP contribution in [-0.2, 0) is 0 Å². The second-order valence-electron chi connectivity index (χ2n) is 2.49. The molecule has 2 heteroatoms. The predicted octanol–water partition coefficient (Wildman–Crippen LogP) is 1.43. The van der Waals surface area contributed by atoms with Crippen molar-refractivity contribution in [3.8, 4) is 0 Å². The van der Waals surface area contributed by atoms with Crippen LogP contribution >= 0.6 is 0 Å². The number of rotatable bonds is 1. The van der Waals surface area contributed by atoms with E-state index in [9.17, 15) is 0 Å². The van der Waals surface area contributed by atoms with Crippen LogP contribution in [0.3, 0.4) is 0 Å². The van der Waals surface area contributed by atoms with Gasteiger partial charge in [0, 0.05) is 0 Å². The topological polar surface area (TPSA) is 15.8 Å². The number of H-pyrrole nitrogens is 1. The van der Waals surface area contributed by atoms with E-state index < -0.39 is 0 Å². The van der Waals surface area contributed by atoms with Crippen molar-refractivity contribution in [1.29, 1.82) is 0 Å². The molecule has 1 nitrogen and oxygen atoms in total. The van der Waals surface area contributed by atoms with E-state index in [1.807, 2.05) is 30.4 Å². The zero-order valence-electron chi connectivity index (χ0n) is 6.12. The van der Waals surface area contributed by atoms with Crippen LogP contribution in [0.5, 0.6) is 0 Å². The predicted molar refractivity (Wildman–Crippen MR) is 49.7 cm³/mol. The first-order valence-corrected chi connectivity index (χ1v) is 3.65. The zero-order valence-corrected chi connectivity index (χ0v) is 6.12. The van der Waals surface area contributed by atoms with E-state index in [0.29, 0.717) is 0 Å². The monoisotopic (exact) mass is 141 g/mol. The first-order chi connectivity index (χ1) is 5.45. The van der Waals surface area contributed by atoms with Gasteiger partial charge in [0.2, 0.25) is 0 Å². The van der Waals surface area contributed by atoms with Crippen LogP contribution < -0.4 is 0 Å². The molecule has 0 saturated heterocycles. The fourth-order valence-corrected chi connectivity index (χ4v) is 1.10. The van der Waals surface area contributed by atoms with E-state index in [0.717, 1.165) is 5.69 Å². The molecule has 1 N–H and O–H groups in total. The molecule has 0 atom stereocenters. The van der Waals surface area contributed by atoms with Crippen LogP contribution in [0.4, 0.5) is 0 Å². The Morgan fingerprint density at radius 3 is 3.09 bits per heavy atom. The molecule has 2 rings (SSSR count). The third-order valence-electron chi connectivity index (χ3n) is 1.63. The van der Waals surface area contributed by atoms with Gasteiger partial charge < -0.3 is 0 Å². The van der Waals surface area contributed by atoms with E-state index in [1.165, 1.54) is 5.47 Å². The van der Waals surface area contributed by atoms with Crippen molar-refractivity contribution >= 4 is 19.0 Å². The Hall–Kier alpha value is -1.31. The molecular formula is C9H8BN. The Morgan fingerprint density at radius 1 is 1.45 bits per heavy atom. The van der Waals surface area contributed by atoms with E-state index in [1.54, 1.807) is 0 Å². The second-order valence-corrected chi connectivity index (χ2v) is 2.49. The number of hydrogen-bond acceptors (Lipinski definition) is 0. The van der Waals surface area contributed by atoms with Gasteiger partial charge >= 0.3 is 65.6 Å². The van der Waals surface area contributed by atoms with Gasteiger partial charge in [-0.3, -0.25) is 0 Å². The first kappa shape index (κ1) is 6.41. The van der Waals surface area contributed by atoms with Crippen molar-refractivity contribution in [2.24, 2.45) is 0 Å². The molecule has 1 aliphatic rings. The van der Waals surface area contributed by atoms with Crippen molar-refractivity contribution in [3.63, 3.8) is 0 Å². The van der Waals surface area contributed by atoms with Crippen LogP contribution in [0.2, 0.25) is 0 Å². The average Bonchev–Trinajstić information content (AvgIpc) is 2.60. The molecule has 0 radical (unpaired) electrons. The molecule has 0 spiro atoms. The molecule has 0 aromatic carbocycles. The maximum atomic E-state index is 3.12. The third-order valence-corrected chi connectivity index (χ3v) is 1.63. The number of nitrogens with one attached hydrogen (secondary N) is 1. The summed E-state index contributed by atoms with van der Waals surface area (Å²) in [5, 5.41) is 0. The zero-order chi connectivity index (χ0) is 7.52. The van der Waals surface area contributed by atoms with Crippen LogP contribution in [0.15, 0.2) is 36.0 Å². The number of allylic oxidation sites excluding steroid dienone is 3. The molecule has 0 fully saturated rings. The van der Waals surface area contributed by atoms with Crippen molar-refractivity contribution in [2.45, 2.75) is 0 Å². The summed E-state index contributed by atoms with van der Waals surface area (Å²) in [7, 11) is 0. The summed E-state index contributed by atoms with van der Waals surface area (Å²) in [6, 6.07) is 4.04. The summed E-state index contributed by atoms with van der Waals surface area (Å²) >= 11 is 0. The fraction of sp³-hybridized carbons (Fsp3) is 0. The summed E-state index contributed by atoms with van der Waals surface area (Å²) in [5.74, 6) is 2.04. The van der Waals surface area contributed by atoms with Gasteiger partial charge in [0.25, 0.3) is 0 Å². The Morgan fingerprint density at radius 2 is 2.45 bits per heavy atom. The second kappa shape index (κ2) is 2.75. The Balaban J connectivity index is 2.28. The molecule has 0 aliphatic carbocycles. The maximum absolute atomic E-state index is 3.12. The van der Waals surface area contributed by atoms with Gasteiger partial charge in [-0.15, -0.1) is 0 Å². The summed E-state index contributed by atoms with van der Waals surface area (Å²) in [6.45, 7) is 2.08. The van der Waals surface area contributed by atoms with E-state index in [4.69, 9.17) is 0 Å². The van der Waals surface area contributed by atoms with Gasteiger partial charge in [0.15, 0.2) is 0 Å². The van der Waals surface area contributed by atoms with Gasteiger partial charge in [0.05, 0.1) is 0 Å². The van der Waals surface area contributed by atoms with Crippen LogP contribution in [0.25, 0.3) is 6.08 Å². The molecule has 1 aromatic heterocycles. The fourth-order valence-electron chi connectivity index (χ4n) is 1.10. The van der Waals surface area contributed by atoms with Crippen molar-refractivity contribution in [2.75, 3.05) is 0 Å². The normalized spacial score (nSPS) is 17.6. The average molecular weight is 141 g/mol.